The number of amides is 4. The Bertz CT molecular complexity index is 619. The number of imide groups is 1. The number of alkyl carbamates (subject to hydrolysis) is 1. The van der Waals surface area contributed by atoms with Crippen LogP contribution in [0.15, 0.2) is 12.2 Å². The fourth-order valence-electron chi connectivity index (χ4n) is 2.24. The average molecular weight is 383 g/mol. The molecular formula is C17H25N3O7. The van der Waals surface area contributed by atoms with E-state index in [9.17, 15) is 29.1 Å². The second-order valence-corrected chi connectivity index (χ2v) is 6.97. The molecule has 1 rings (SSSR count). The molecule has 4 amide bonds. The molecule has 0 unspecified atom stereocenters. The summed E-state index contributed by atoms with van der Waals surface area (Å²) in [6.07, 6.45) is 2.50. The first-order valence-corrected chi connectivity index (χ1v) is 8.52. The molecule has 3 N–H and O–H groups in total. The van der Waals surface area contributed by atoms with Gasteiger partial charge in [0.1, 0.15) is 18.2 Å². The van der Waals surface area contributed by atoms with Gasteiger partial charge in [-0.3, -0.25) is 19.3 Å². The van der Waals surface area contributed by atoms with E-state index in [1.165, 1.54) is 12.2 Å². The number of nitrogens with zero attached hydrogens (tertiary/aromatic N) is 1. The van der Waals surface area contributed by atoms with Crippen molar-refractivity contribution in [2.75, 3.05) is 13.1 Å². The van der Waals surface area contributed by atoms with Gasteiger partial charge in [0.25, 0.3) is 11.8 Å². The molecule has 0 spiro atoms. The first-order valence-electron chi connectivity index (χ1n) is 8.52. The van der Waals surface area contributed by atoms with Gasteiger partial charge in [0.2, 0.25) is 5.91 Å². The minimum atomic E-state index is -1.21. The van der Waals surface area contributed by atoms with E-state index in [0.29, 0.717) is 12.8 Å². The molecule has 0 bridgehead atoms. The number of hydrogen-bond acceptors (Lipinski definition) is 6. The molecule has 1 aliphatic rings. The summed E-state index contributed by atoms with van der Waals surface area (Å²) in [6.45, 7) is 4.79. The van der Waals surface area contributed by atoms with Crippen LogP contribution < -0.4 is 10.6 Å². The van der Waals surface area contributed by atoms with Gasteiger partial charge in [-0.2, -0.15) is 0 Å². The summed E-state index contributed by atoms with van der Waals surface area (Å²) >= 11 is 0. The van der Waals surface area contributed by atoms with Crippen molar-refractivity contribution in [1.82, 2.24) is 15.5 Å². The third-order valence-electron chi connectivity index (χ3n) is 3.45. The van der Waals surface area contributed by atoms with Crippen molar-refractivity contribution in [3.05, 3.63) is 12.2 Å². The number of aliphatic carboxylic acids is 1. The summed E-state index contributed by atoms with van der Waals surface area (Å²) in [5.41, 5.74) is -0.711. The Morgan fingerprint density at radius 2 is 1.74 bits per heavy atom. The van der Waals surface area contributed by atoms with E-state index in [1.807, 2.05) is 0 Å². The smallest absolute Gasteiger partial charge is 0.408 e. The zero-order chi connectivity index (χ0) is 20.6. The Labute approximate surface area is 156 Å². The first kappa shape index (κ1) is 22.1. The third-order valence-corrected chi connectivity index (χ3v) is 3.45. The summed E-state index contributed by atoms with van der Waals surface area (Å²) in [5, 5.41) is 13.7. The van der Waals surface area contributed by atoms with Crippen molar-refractivity contribution >= 4 is 29.8 Å². The number of carbonyl (C=O) groups excluding carboxylic acids is 4. The predicted molar refractivity (Wildman–Crippen MR) is 93.5 cm³/mol. The summed E-state index contributed by atoms with van der Waals surface area (Å²) < 4.78 is 4.97. The van der Waals surface area contributed by atoms with E-state index in [1.54, 1.807) is 20.8 Å². The highest BCUT2D eigenvalue weighted by Gasteiger charge is 2.24. The fourth-order valence-corrected chi connectivity index (χ4v) is 2.24. The van der Waals surface area contributed by atoms with Crippen molar-refractivity contribution in [3.63, 3.8) is 0 Å². The number of nitrogens with one attached hydrogen (secondary N) is 2. The van der Waals surface area contributed by atoms with E-state index in [2.05, 4.69) is 10.6 Å². The molecule has 1 atom stereocenters. The van der Waals surface area contributed by atoms with Crippen LogP contribution in [-0.2, 0) is 23.9 Å². The van der Waals surface area contributed by atoms with Crippen LogP contribution in [0.2, 0.25) is 0 Å². The monoisotopic (exact) mass is 383 g/mol. The average Bonchev–Trinajstić information content (AvgIpc) is 2.85. The van der Waals surface area contributed by atoms with E-state index in [4.69, 9.17) is 4.74 Å². The van der Waals surface area contributed by atoms with Crippen LogP contribution in [-0.4, -0.2) is 64.5 Å². The van der Waals surface area contributed by atoms with Crippen LogP contribution in [0.3, 0.4) is 0 Å². The highest BCUT2D eigenvalue weighted by atomic mass is 16.6. The lowest BCUT2D eigenvalue weighted by molar-refractivity contribution is -0.142. The molecule has 150 valence electrons. The number of ether oxygens (including phenoxy) is 1. The Balaban J connectivity index is 2.33. The van der Waals surface area contributed by atoms with Crippen LogP contribution in [0.4, 0.5) is 4.79 Å². The Morgan fingerprint density at radius 1 is 1.15 bits per heavy atom. The molecule has 1 aliphatic heterocycles. The molecule has 0 aromatic heterocycles. The molecule has 27 heavy (non-hydrogen) atoms. The minimum absolute atomic E-state index is 0.122. The topological polar surface area (TPSA) is 142 Å². The maximum Gasteiger partial charge on any atom is 0.408 e. The highest BCUT2D eigenvalue weighted by molar-refractivity contribution is 6.12. The molecule has 0 radical (unpaired) electrons. The number of carbonyl (C=O) groups is 5. The lowest BCUT2D eigenvalue weighted by Crippen LogP contribution is -2.46. The van der Waals surface area contributed by atoms with Gasteiger partial charge >= 0.3 is 12.1 Å². The second kappa shape index (κ2) is 9.70. The number of hydrogen-bond donors (Lipinski definition) is 3. The molecule has 0 saturated heterocycles. The fraction of sp³-hybridized carbons (Fsp3) is 0.588. The molecule has 0 aliphatic carbocycles. The highest BCUT2D eigenvalue weighted by Crippen LogP contribution is 2.08. The van der Waals surface area contributed by atoms with Crippen molar-refractivity contribution in [3.8, 4) is 0 Å². The zero-order valence-corrected chi connectivity index (χ0v) is 15.6. The number of unbranched alkanes of at least 4 members (excludes halogenated alkanes) is 1. The van der Waals surface area contributed by atoms with Gasteiger partial charge in [-0.05, 0) is 40.0 Å². The van der Waals surface area contributed by atoms with Crippen molar-refractivity contribution in [1.29, 1.82) is 0 Å². The quantitative estimate of drug-likeness (QED) is 0.381. The molecular weight excluding hydrogens is 358 g/mol. The number of rotatable bonds is 9. The molecule has 10 nitrogen and oxygen atoms in total. The third kappa shape index (κ3) is 8.34. The first-order chi connectivity index (χ1) is 12.5. The normalized spacial score (nSPS) is 14.9. The maximum absolute atomic E-state index is 11.8. The second-order valence-electron chi connectivity index (χ2n) is 6.97. The standard InChI is InChI=1S/C17H25N3O7/c1-17(2,3)27-16(26)18-10-12(21)19-11(15(24)25)6-4-5-9-20-13(22)7-8-14(20)23/h7-8,11H,4-6,9-10H2,1-3H3,(H,18,26)(H,19,21)(H,24,25)/t11-/m0/s1. The predicted octanol–water partition coefficient (Wildman–Crippen LogP) is 0.176. The number of carboxylic acids is 1. The largest absolute Gasteiger partial charge is 0.480 e. The molecule has 0 fully saturated rings. The van der Waals surface area contributed by atoms with Crippen molar-refractivity contribution in [2.24, 2.45) is 0 Å². The Hall–Kier alpha value is -2.91. The molecule has 0 aromatic carbocycles. The number of carboxylic acid groups (broad SMARTS) is 1. The lowest BCUT2D eigenvalue weighted by Gasteiger charge is -2.20. The summed E-state index contributed by atoms with van der Waals surface area (Å²) in [5.74, 6) is -2.66. The van der Waals surface area contributed by atoms with Gasteiger partial charge < -0.3 is 20.5 Å². The Morgan fingerprint density at radius 3 is 2.26 bits per heavy atom. The van der Waals surface area contributed by atoms with Gasteiger partial charge in [-0.15, -0.1) is 0 Å². The van der Waals surface area contributed by atoms with Crippen LogP contribution in [0, 0.1) is 0 Å². The molecule has 0 aromatic rings. The summed E-state index contributed by atoms with van der Waals surface area (Å²) in [6, 6.07) is -1.14. The van der Waals surface area contributed by atoms with E-state index in [0.717, 1.165) is 4.90 Å². The van der Waals surface area contributed by atoms with E-state index >= 15 is 0 Å². The van der Waals surface area contributed by atoms with Gasteiger partial charge in [0.05, 0.1) is 0 Å². The zero-order valence-electron chi connectivity index (χ0n) is 15.6. The summed E-state index contributed by atoms with van der Waals surface area (Å²) in [4.78, 5) is 58.4. The van der Waals surface area contributed by atoms with Crippen molar-refractivity contribution < 1.29 is 33.8 Å². The van der Waals surface area contributed by atoms with Crippen LogP contribution >= 0.6 is 0 Å². The van der Waals surface area contributed by atoms with Crippen LogP contribution in [0.25, 0.3) is 0 Å². The molecule has 10 heteroatoms. The van der Waals surface area contributed by atoms with Crippen LogP contribution in [0.1, 0.15) is 40.0 Å². The molecule has 1 heterocycles. The van der Waals surface area contributed by atoms with E-state index < -0.39 is 48.0 Å². The molecule has 0 saturated carbocycles. The van der Waals surface area contributed by atoms with Gasteiger partial charge in [-0.1, -0.05) is 0 Å². The summed E-state index contributed by atoms with van der Waals surface area (Å²) in [7, 11) is 0. The van der Waals surface area contributed by atoms with E-state index in [-0.39, 0.29) is 13.0 Å². The van der Waals surface area contributed by atoms with Crippen LogP contribution in [0.5, 0.6) is 0 Å². The van der Waals surface area contributed by atoms with Crippen molar-refractivity contribution in [2.45, 2.75) is 51.7 Å². The van der Waals surface area contributed by atoms with Gasteiger partial charge in [-0.25, -0.2) is 9.59 Å². The van der Waals surface area contributed by atoms with Gasteiger partial charge in [0, 0.05) is 18.7 Å². The van der Waals surface area contributed by atoms with Gasteiger partial charge in [0.15, 0.2) is 0 Å². The minimum Gasteiger partial charge on any atom is -0.480 e. The lowest BCUT2D eigenvalue weighted by atomic mass is 10.1. The maximum atomic E-state index is 11.8. The SMILES string of the molecule is CC(C)(C)OC(=O)NCC(=O)N[C@@H](CCCCN1C(=O)C=CC1=O)C(=O)O. The Kier molecular flexibility index (Phi) is 7.95.